The first-order valence-corrected chi connectivity index (χ1v) is 7.79. The van der Waals surface area contributed by atoms with Gasteiger partial charge in [-0.15, -0.1) is 11.3 Å². The van der Waals surface area contributed by atoms with Crippen LogP contribution in [0.25, 0.3) is 20.8 Å². The van der Waals surface area contributed by atoms with E-state index in [1.807, 2.05) is 18.2 Å². The fraction of sp³-hybridized carbons (Fsp3) is 0.235. The lowest BCUT2D eigenvalue weighted by molar-refractivity contribution is 0.234. The topological polar surface area (TPSA) is 42.4 Å². The molecule has 0 saturated heterocycles. The predicted molar refractivity (Wildman–Crippen MR) is 87.0 cm³/mol. The molecule has 0 aliphatic carbocycles. The number of aromatic nitrogens is 1. The highest BCUT2D eigenvalue weighted by atomic mass is 32.1. The lowest BCUT2D eigenvalue weighted by atomic mass is 10.2. The molecule has 3 rings (SSSR count). The average Bonchev–Trinajstić information content (AvgIpc) is 2.91. The molecule has 1 aromatic heterocycles. The quantitative estimate of drug-likeness (QED) is 0.723. The van der Waals surface area contributed by atoms with Gasteiger partial charge in [0.1, 0.15) is 10.8 Å². The summed E-state index contributed by atoms with van der Waals surface area (Å²) in [6, 6.07) is 14.3. The summed E-state index contributed by atoms with van der Waals surface area (Å²) >= 11 is 1.67. The third-order valence-electron chi connectivity index (χ3n) is 3.23. The summed E-state index contributed by atoms with van der Waals surface area (Å²) in [7, 11) is 0. The van der Waals surface area contributed by atoms with Gasteiger partial charge in [0.2, 0.25) is 0 Å². The van der Waals surface area contributed by atoms with Gasteiger partial charge >= 0.3 is 0 Å². The minimum absolute atomic E-state index is 0.153. The fourth-order valence-electron chi connectivity index (χ4n) is 2.07. The lowest BCUT2D eigenvalue weighted by Crippen LogP contribution is -1.99. The molecule has 0 aliphatic rings. The van der Waals surface area contributed by atoms with Crippen molar-refractivity contribution in [2.75, 3.05) is 13.2 Å². The number of benzene rings is 2. The largest absolute Gasteiger partial charge is 0.493 e. The second-order valence-electron chi connectivity index (χ2n) is 4.94. The summed E-state index contributed by atoms with van der Waals surface area (Å²) in [6.07, 6.45) is 0.648. The number of aliphatic hydroxyl groups is 1. The Labute approximate surface area is 127 Å². The molecular formula is C17H17NO2S. The number of aliphatic hydroxyl groups excluding tert-OH is 1. The fourth-order valence-corrected chi connectivity index (χ4v) is 3.07. The van der Waals surface area contributed by atoms with E-state index in [9.17, 15) is 0 Å². The summed E-state index contributed by atoms with van der Waals surface area (Å²) in [4.78, 5) is 4.67. The molecule has 0 spiro atoms. The maximum Gasteiger partial charge on any atom is 0.124 e. The van der Waals surface area contributed by atoms with Crippen molar-refractivity contribution in [2.45, 2.75) is 13.3 Å². The molecule has 0 fully saturated rings. The summed E-state index contributed by atoms with van der Waals surface area (Å²) in [6.45, 7) is 2.77. The summed E-state index contributed by atoms with van der Waals surface area (Å²) in [5.41, 5.74) is 3.38. The Morgan fingerprint density at radius 3 is 2.71 bits per heavy atom. The van der Waals surface area contributed by atoms with Gasteiger partial charge in [-0.1, -0.05) is 29.8 Å². The first kappa shape index (κ1) is 14.0. The zero-order chi connectivity index (χ0) is 14.7. The van der Waals surface area contributed by atoms with Crippen molar-refractivity contribution in [2.24, 2.45) is 0 Å². The van der Waals surface area contributed by atoms with Crippen molar-refractivity contribution in [3.8, 4) is 16.3 Å². The SMILES string of the molecule is Cc1ccc(-c2nc3ccc(OCCCO)cc3s2)cc1. The number of rotatable bonds is 5. The van der Waals surface area contributed by atoms with Gasteiger partial charge in [0, 0.05) is 18.6 Å². The summed E-state index contributed by atoms with van der Waals surface area (Å²) < 4.78 is 6.72. The number of nitrogens with zero attached hydrogens (tertiary/aromatic N) is 1. The summed E-state index contributed by atoms with van der Waals surface area (Å²) in [5, 5.41) is 9.80. The van der Waals surface area contributed by atoms with Crippen LogP contribution >= 0.6 is 11.3 Å². The number of aryl methyl sites for hydroxylation is 1. The van der Waals surface area contributed by atoms with Crippen LogP contribution in [0.5, 0.6) is 5.75 Å². The molecule has 108 valence electrons. The second kappa shape index (κ2) is 6.24. The third kappa shape index (κ3) is 3.23. The van der Waals surface area contributed by atoms with E-state index in [-0.39, 0.29) is 6.61 Å². The van der Waals surface area contributed by atoms with E-state index in [1.54, 1.807) is 11.3 Å². The Hall–Kier alpha value is -1.91. The normalized spacial score (nSPS) is 11.0. The number of hydrogen-bond acceptors (Lipinski definition) is 4. The molecule has 21 heavy (non-hydrogen) atoms. The zero-order valence-corrected chi connectivity index (χ0v) is 12.7. The molecule has 0 unspecified atom stereocenters. The molecule has 0 atom stereocenters. The Morgan fingerprint density at radius 2 is 1.95 bits per heavy atom. The molecule has 0 bridgehead atoms. The smallest absolute Gasteiger partial charge is 0.124 e. The van der Waals surface area contributed by atoms with E-state index in [0.717, 1.165) is 26.5 Å². The molecule has 1 heterocycles. The van der Waals surface area contributed by atoms with Crippen LogP contribution in [0.3, 0.4) is 0 Å². The molecule has 4 heteroatoms. The predicted octanol–water partition coefficient (Wildman–Crippen LogP) is 4.03. The van der Waals surface area contributed by atoms with Crippen LogP contribution in [0.1, 0.15) is 12.0 Å². The van der Waals surface area contributed by atoms with Crippen LogP contribution in [0.2, 0.25) is 0 Å². The maximum atomic E-state index is 8.78. The number of thiazole rings is 1. The van der Waals surface area contributed by atoms with Crippen LogP contribution in [0.15, 0.2) is 42.5 Å². The van der Waals surface area contributed by atoms with E-state index in [1.165, 1.54) is 5.56 Å². The van der Waals surface area contributed by atoms with Crippen molar-refractivity contribution in [3.05, 3.63) is 48.0 Å². The lowest BCUT2D eigenvalue weighted by Gasteiger charge is -2.03. The van der Waals surface area contributed by atoms with Crippen molar-refractivity contribution in [3.63, 3.8) is 0 Å². The van der Waals surface area contributed by atoms with E-state index in [0.29, 0.717) is 13.0 Å². The van der Waals surface area contributed by atoms with Gasteiger partial charge in [-0.25, -0.2) is 4.98 Å². The van der Waals surface area contributed by atoms with Crippen LogP contribution in [-0.4, -0.2) is 23.3 Å². The summed E-state index contributed by atoms with van der Waals surface area (Å²) in [5.74, 6) is 0.829. The monoisotopic (exact) mass is 299 g/mol. The number of hydrogen-bond donors (Lipinski definition) is 1. The van der Waals surface area contributed by atoms with Crippen LogP contribution in [0.4, 0.5) is 0 Å². The zero-order valence-electron chi connectivity index (χ0n) is 11.9. The number of fused-ring (bicyclic) bond motifs is 1. The van der Waals surface area contributed by atoms with Crippen molar-refractivity contribution < 1.29 is 9.84 Å². The van der Waals surface area contributed by atoms with E-state index in [4.69, 9.17) is 9.84 Å². The van der Waals surface area contributed by atoms with Gasteiger partial charge in [0.25, 0.3) is 0 Å². The highest BCUT2D eigenvalue weighted by molar-refractivity contribution is 7.21. The third-order valence-corrected chi connectivity index (χ3v) is 4.30. The van der Waals surface area contributed by atoms with Gasteiger partial charge in [-0.2, -0.15) is 0 Å². The molecule has 0 radical (unpaired) electrons. The standard InChI is InChI=1S/C17H17NO2S/c1-12-3-5-13(6-4-12)17-18-15-8-7-14(11-16(15)21-17)20-10-2-9-19/h3-8,11,19H,2,9-10H2,1H3. The van der Waals surface area contributed by atoms with E-state index < -0.39 is 0 Å². The van der Waals surface area contributed by atoms with Gasteiger partial charge in [0.05, 0.1) is 16.8 Å². The highest BCUT2D eigenvalue weighted by Gasteiger charge is 2.07. The Kier molecular flexibility index (Phi) is 4.18. The molecule has 0 saturated carbocycles. The molecule has 3 aromatic rings. The molecule has 0 aliphatic heterocycles. The second-order valence-corrected chi connectivity index (χ2v) is 5.97. The maximum absolute atomic E-state index is 8.78. The Bertz CT molecular complexity index is 734. The highest BCUT2D eigenvalue weighted by Crippen LogP contribution is 2.32. The van der Waals surface area contributed by atoms with Gasteiger partial charge in [-0.3, -0.25) is 0 Å². The minimum Gasteiger partial charge on any atom is -0.493 e. The first-order chi connectivity index (χ1) is 10.3. The van der Waals surface area contributed by atoms with Crippen LogP contribution in [0, 0.1) is 6.92 Å². The Balaban J connectivity index is 1.87. The molecule has 2 aromatic carbocycles. The van der Waals surface area contributed by atoms with Crippen LogP contribution in [-0.2, 0) is 0 Å². The first-order valence-electron chi connectivity index (χ1n) is 6.97. The number of ether oxygens (including phenoxy) is 1. The Morgan fingerprint density at radius 1 is 1.14 bits per heavy atom. The van der Waals surface area contributed by atoms with Gasteiger partial charge < -0.3 is 9.84 Å². The van der Waals surface area contributed by atoms with Gasteiger partial charge in [-0.05, 0) is 25.1 Å². The van der Waals surface area contributed by atoms with Gasteiger partial charge in [0.15, 0.2) is 0 Å². The van der Waals surface area contributed by atoms with E-state index in [2.05, 4.69) is 36.2 Å². The minimum atomic E-state index is 0.153. The van der Waals surface area contributed by atoms with Crippen LogP contribution < -0.4 is 4.74 Å². The van der Waals surface area contributed by atoms with Crippen molar-refractivity contribution >= 4 is 21.6 Å². The molecule has 3 nitrogen and oxygen atoms in total. The van der Waals surface area contributed by atoms with E-state index >= 15 is 0 Å². The molecule has 1 N–H and O–H groups in total. The molecular weight excluding hydrogens is 282 g/mol. The average molecular weight is 299 g/mol. The van der Waals surface area contributed by atoms with Crippen molar-refractivity contribution in [1.29, 1.82) is 0 Å². The molecule has 0 amide bonds. The van der Waals surface area contributed by atoms with Crippen molar-refractivity contribution in [1.82, 2.24) is 4.98 Å².